The number of rotatable bonds is 2. The van der Waals surface area contributed by atoms with Crippen LogP contribution in [0.25, 0.3) is 0 Å². The van der Waals surface area contributed by atoms with Crippen LogP contribution in [0, 0.1) is 0 Å². The van der Waals surface area contributed by atoms with Gasteiger partial charge in [0.2, 0.25) is 0 Å². The van der Waals surface area contributed by atoms with Gasteiger partial charge in [0.25, 0.3) is 0 Å². The topological polar surface area (TPSA) is 52.0 Å². The molecule has 2 nitrogen and oxygen atoms in total. The van der Waals surface area contributed by atoms with E-state index in [1.54, 1.807) is 11.8 Å². The molecule has 0 heterocycles. The van der Waals surface area contributed by atoms with Gasteiger partial charge in [0, 0.05) is 16.1 Å². The monoisotopic (exact) mass is 194 g/mol. The molecule has 3 heteroatoms. The van der Waals surface area contributed by atoms with Gasteiger partial charge in [0.05, 0.1) is 0 Å². The van der Waals surface area contributed by atoms with Gasteiger partial charge in [-0.2, -0.15) is 0 Å². The fourth-order valence-electron chi connectivity index (χ4n) is 1.44. The van der Waals surface area contributed by atoms with Crippen molar-refractivity contribution < 1.29 is 0 Å². The second kappa shape index (κ2) is 2.93. The predicted octanol–water partition coefficient (Wildman–Crippen LogP) is 1.94. The van der Waals surface area contributed by atoms with Crippen molar-refractivity contribution in [3.63, 3.8) is 0 Å². The highest BCUT2D eigenvalue weighted by Gasteiger charge is 2.40. The van der Waals surface area contributed by atoms with E-state index < -0.39 is 0 Å². The molecule has 0 bridgehead atoms. The third-order valence-corrected chi connectivity index (χ3v) is 3.39. The van der Waals surface area contributed by atoms with Gasteiger partial charge >= 0.3 is 0 Å². The molecule has 0 amide bonds. The maximum Gasteiger partial charge on any atom is 0.0452 e. The summed E-state index contributed by atoms with van der Waals surface area (Å²) in [6.45, 7) is 0. The van der Waals surface area contributed by atoms with Crippen LogP contribution < -0.4 is 11.5 Å². The zero-order valence-electron chi connectivity index (χ0n) is 7.71. The number of nitrogen functional groups attached to an aromatic ring is 1. The lowest BCUT2D eigenvalue weighted by Crippen LogP contribution is -2.18. The van der Waals surface area contributed by atoms with Crippen molar-refractivity contribution in [1.29, 1.82) is 0 Å². The predicted molar refractivity (Wildman–Crippen MR) is 57.7 cm³/mol. The Hall–Kier alpha value is -0.670. The summed E-state index contributed by atoms with van der Waals surface area (Å²) in [5.41, 5.74) is 13.9. The number of benzene rings is 1. The third kappa shape index (κ3) is 1.54. The van der Waals surface area contributed by atoms with Crippen LogP contribution in [0.2, 0.25) is 0 Å². The molecule has 70 valence electrons. The highest BCUT2D eigenvalue weighted by molar-refractivity contribution is 7.98. The zero-order chi connectivity index (χ0) is 9.47. The van der Waals surface area contributed by atoms with Gasteiger partial charge in [0.1, 0.15) is 0 Å². The minimum absolute atomic E-state index is 0.0435. The van der Waals surface area contributed by atoms with Crippen molar-refractivity contribution in [1.82, 2.24) is 0 Å². The summed E-state index contributed by atoms with van der Waals surface area (Å²) < 4.78 is 0. The van der Waals surface area contributed by atoms with Gasteiger partial charge in [-0.15, -0.1) is 11.8 Å². The Kier molecular flexibility index (Phi) is 2.00. The van der Waals surface area contributed by atoms with Crippen molar-refractivity contribution in [3.05, 3.63) is 23.8 Å². The Balaban J connectivity index is 2.39. The van der Waals surface area contributed by atoms with Crippen molar-refractivity contribution in [2.45, 2.75) is 23.3 Å². The lowest BCUT2D eigenvalue weighted by molar-refractivity contribution is 0.738. The Morgan fingerprint density at radius 1 is 1.38 bits per heavy atom. The molecule has 0 saturated heterocycles. The molecule has 1 aromatic rings. The molecule has 1 aromatic carbocycles. The van der Waals surface area contributed by atoms with E-state index in [2.05, 4.69) is 6.07 Å². The van der Waals surface area contributed by atoms with Gasteiger partial charge < -0.3 is 11.5 Å². The molecular formula is C10H14N2S. The molecule has 4 N–H and O–H groups in total. The summed E-state index contributed by atoms with van der Waals surface area (Å²) in [7, 11) is 0. The highest BCUT2D eigenvalue weighted by atomic mass is 32.2. The van der Waals surface area contributed by atoms with E-state index in [0.717, 1.165) is 23.4 Å². The minimum Gasteiger partial charge on any atom is -0.398 e. The SMILES string of the molecule is CSc1cc(C2(N)CC2)ccc1N. The van der Waals surface area contributed by atoms with Crippen LogP contribution in [-0.2, 0) is 5.54 Å². The largest absolute Gasteiger partial charge is 0.398 e. The molecule has 0 radical (unpaired) electrons. The average molecular weight is 194 g/mol. The first kappa shape index (κ1) is 8.91. The molecule has 0 atom stereocenters. The van der Waals surface area contributed by atoms with Crippen molar-refractivity contribution in [2.24, 2.45) is 5.73 Å². The summed E-state index contributed by atoms with van der Waals surface area (Å²) in [4.78, 5) is 1.13. The van der Waals surface area contributed by atoms with Gasteiger partial charge in [-0.25, -0.2) is 0 Å². The summed E-state index contributed by atoms with van der Waals surface area (Å²) in [6, 6.07) is 6.11. The number of nitrogens with two attached hydrogens (primary N) is 2. The van der Waals surface area contributed by atoms with E-state index >= 15 is 0 Å². The second-order valence-electron chi connectivity index (χ2n) is 3.61. The van der Waals surface area contributed by atoms with E-state index in [1.165, 1.54) is 5.56 Å². The highest BCUT2D eigenvalue weighted by Crippen LogP contribution is 2.44. The van der Waals surface area contributed by atoms with Gasteiger partial charge in [-0.05, 0) is 36.8 Å². The fourth-order valence-corrected chi connectivity index (χ4v) is 1.99. The van der Waals surface area contributed by atoms with Crippen LogP contribution in [-0.4, -0.2) is 6.26 Å². The van der Waals surface area contributed by atoms with E-state index in [1.807, 2.05) is 18.4 Å². The normalized spacial score (nSPS) is 18.6. The smallest absolute Gasteiger partial charge is 0.0452 e. The number of hydrogen-bond donors (Lipinski definition) is 2. The maximum atomic E-state index is 6.09. The standard InChI is InChI=1S/C10H14N2S/c1-13-9-6-7(2-3-8(9)11)10(12)4-5-10/h2-3,6H,4-5,11-12H2,1H3. The van der Waals surface area contributed by atoms with E-state index in [4.69, 9.17) is 11.5 Å². The molecule has 0 unspecified atom stereocenters. The molecule has 1 saturated carbocycles. The quantitative estimate of drug-likeness (QED) is 0.559. The summed E-state index contributed by atoms with van der Waals surface area (Å²) >= 11 is 1.67. The van der Waals surface area contributed by atoms with E-state index in [-0.39, 0.29) is 5.54 Å². The molecule has 0 aromatic heterocycles. The van der Waals surface area contributed by atoms with Crippen LogP contribution in [0.4, 0.5) is 5.69 Å². The molecule has 13 heavy (non-hydrogen) atoms. The summed E-state index contributed by atoms with van der Waals surface area (Å²) in [5.74, 6) is 0. The Bertz CT molecular complexity index is 332. The number of hydrogen-bond acceptors (Lipinski definition) is 3. The first-order valence-corrected chi connectivity index (χ1v) is 5.61. The molecule has 1 fully saturated rings. The first-order chi connectivity index (χ1) is 6.15. The van der Waals surface area contributed by atoms with Crippen LogP contribution in [0.3, 0.4) is 0 Å². The van der Waals surface area contributed by atoms with Crippen LogP contribution in [0.5, 0.6) is 0 Å². The molecule has 0 spiro atoms. The van der Waals surface area contributed by atoms with Gasteiger partial charge in [-0.1, -0.05) is 6.07 Å². The van der Waals surface area contributed by atoms with Crippen LogP contribution in [0.1, 0.15) is 18.4 Å². The Morgan fingerprint density at radius 2 is 2.08 bits per heavy atom. The van der Waals surface area contributed by atoms with Crippen molar-refractivity contribution in [3.8, 4) is 0 Å². The summed E-state index contributed by atoms with van der Waals surface area (Å²) in [5, 5.41) is 0. The molecular weight excluding hydrogens is 180 g/mol. The minimum atomic E-state index is -0.0435. The van der Waals surface area contributed by atoms with Gasteiger partial charge in [0.15, 0.2) is 0 Å². The van der Waals surface area contributed by atoms with Crippen molar-refractivity contribution >= 4 is 17.4 Å². The summed E-state index contributed by atoms with van der Waals surface area (Å²) in [6.07, 6.45) is 4.24. The fraction of sp³-hybridized carbons (Fsp3) is 0.400. The lowest BCUT2D eigenvalue weighted by atomic mass is 10.1. The zero-order valence-corrected chi connectivity index (χ0v) is 8.53. The number of anilines is 1. The van der Waals surface area contributed by atoms with Crippen molar-refractivity contribution in [2.75, 3.05) is 12.0 Å². The van der Waals surface area contributed by atoms with E-state index in [9.17, 15) is 0 Å². The van der Waals surface area contributed by atoms with Crippen LogP contribution >= 0.6 is 11.8 Å². The average Bonchev–Trinajstić information content (AvgIpc) is 2.86. The first-order valence-electron chi connectivity index (χ1n) is 4.38. The maximum absolute atomic E-state index is 6.09. The van der Waals surface area contributed by atoms with Crippen LogP contribution in [0.15, 0.2) is 23.1 Å². The molecule has 1 aliphatic rings. The third-order valence-electron chi connectivity index (χ3n) is 2.60. The molecule has 2 rings (SSSR count). The Morgan fingerprint density at radius 3 is 2.62 bits per heavy atom. The molecule has 1 aliphatic carbocycles. The number of thioether (sulfide) groups is 1. The van der Waals surface area contributed by atoms with Gasteiger partial charge in [-0.3, -0.25) is 0 Å². The Labute approximate surface area is 82.7 Å². The lowest BCUT2D eigenvalue weighted by Gasteiger charge is -2.11. The molecule has 0 aliphatic heterocycles. The van der Waals surface area contributed by atoms with E-state index in [0.29, 0.717) is 0 Å². The second-order valence-corrected chi connectivity index (χ2v) is 4.46.